The van der Waals surface area contributed by atoms with Gasteiger partial charge in [-0.15, -0.1) is 0 Å². The highest BCUT2D eigenvalue weighted by Crippen LogP contribution is 2.62. The SMILES string of the molecule is CCCCCC(=O)N(C)CCCCCCCCC[C@@H]1Cc2cc(O)ccc2[C@H]2CC[C@]3(C)[C@@H](O)CC[C@H]3[C@H]12. The summed E-state index contributed by atoms with van der Waals surface area (Å²) < 4.78 is 0. The summed E-state index contributed by atoms with van der Waals surface area (Å²) in [5.41, 5.74) is 2.97. The lowest BCUT2D eigenvalue weighted by Crippen LogP contribution is -2.47. The van der Waals surface area contributed by atoms with Crippen molar-refractivity contribution in [3.8, 4) is 5.75 Å². The number of rotatable bonds is 14. The number of aromatic hydroxyl groups is 1. The topological polar surface area (TPSA) is 60.8 Å². The van der Waals surface area contributed by atoms with Gasteiger partial charge in [0.25, 0.3) is 0 Å². The fraction of sp³-hybridized carbons (Fsp3) is 0.794. The van der Waals surface area contributed by atoms with Crippen molar-refractivity contribution in [3.63, 3.8) is 0 Å². The number of carbonyl (C=O) groups is 1. The van der Waals surface area contributed by atoms with Gasteiger partial charge in [-0.05, 0) is 104 Å². The summed E-state index contributed by atoms with van der Waals surface area (Å²) in [7, 11) is 1.96. The maximum absolute atomic E-state index is 12.2. The number of hydrogen-bond donors (Lipinski definition) is 2. The van der Waals surface area contributed by atoms with Crippen molar-refractivity contribution < 1.29 is 15.0 Å². The van der Waals surface area contributed by atoms with Crippen LogP contribution in [-0.4, -0.2) is 40.7 Å². The monoisotopic (exact) mass is 525 g/mol. The Balaban J connectivity index is 1.20. The Kier molecular flexibility index (Phi) is 10.6. The van der Waals surface area contributed by atoms with Crippen LogP contribution in [0.25, 0.3) is 0 Å². The van der Waals surface area contributed by atoms with E-state index in [4.69, 9.17) is 0 Å². The third-order valence-corrected chi connectivity index (χ3v) is 10.8. The van der Waals surface area contributed by atoms with Crippen molar-refractivity contribution in [3.05, 3.63) is 29.3 Å². The lowest BCUT2D eigenvalue weighted by molar-refractivity contribution is -0.130. The summed E-state index contributed by atoms with van der Waals surface area (Å²) >= 11 is 0. The quantitative estimate of drug-likeness (QED) is 0.242. The van der Waals surface area contributed by atoms with E-state index in [0.29, 0.717) is 41.7 Å². The normalized spacial score (nSPS) is 29.9. The summed E-state index contributed by atoms with van der Waals surface area (Å²) in [6.07, 6.45) is 19.6. The van der Waals surface area contributed by atoms with E-state index in [-0.39, 0.29) is 11.5 Å². The van der Waals surface area contributed by atoms with E-state index in [1.807, 2.05) is 24.1 Å². The third kappa shape index (κ3) is 6.77. The molecule has 4 nitrogen and oxygen atoms in total. The molecule has 1 aromatic rings. The first-order chi connectivity index (χ1) is 18.3. The molecule has 3 aliphatic carbocycles. The third-order valence-electron chi connectivity index (χ3n) is 10.8. The summed E-state index contributed by atoms with van der Waals surface area (Å²) in [6, 6.07) is 6.12. The second kappa shape index (κ2) is 13.7. The molecule has 0 unspecified atom stereocenters. The van der Waals surface area contributed by atoms with Crippen LogP contribution in [0.1, 0.15) is 134 Å². The molecule has 214 valence electrons. The van der Waals surface area contributed by atoms with Gasteiger partial charge in [-0.3, -0.25) is 4.79 Å². The smallest absolute Gasteiger partial charge is 0.222 e. The molecule has 2 fully saturated rings. The van der Waals surface area contributed by atoms with Crippen LogP contribution < -0.4 is 0 Å². The molecule has 0 heterocycles. The average Bonchev–Trinajstić information content (AvgIpc) is 3.21. The summed E-state index contributed by atoms with van der Waals surface area (Å²) in [5.74, 6) is 3.32. The molecule has 1 amide bonds. The van der Waals surface area contributed by atoms with Crippen molar-refractivity contribution in [2.75, 3.05) is 13.6 Å². The number of carbonyl (C=O) groups excluding carboxylic acids is 1. The number of phenolic OH excluding ortho intramolecular Hbond substituents is 1. The van der Waals surface area contributed by atoms with Gasteiger partial charge in [-0.2, -0.15) is 0 Å². The second-order valence-electron chi connectivity index (χ2n) is 13.3. The predicted molar refractivity (Wildman–Crippen MR) is 156 cm³/mol. The van der Waals surface area contributed by atoms with Gasteiger partial charge in [-0.25, -0.2) is 0 Å². The van der Waals surface area contributed by atoms with Crippen LogP contribution in [0, 0.1) is 23.2 Å². The van der Waals surface area contributed by atoms with Crippen LogP contribution in [0.5, 0.6) is 5.75 Å². The highest BCUT2D eigenvalue weighted by Gasteiger charge is 2.56. The Bertz CT molecular complexity index is 900. The van der Waals surface area contributed by atoms with Crippen LogP contribution in [0.3, 0.4) is 0 Å². The van der Waals surface area contributed by atoms with Crippen molar-refractivity contribution in [1.29, 1.82) is 0 Å². The van der Waals surface area contributed by atoms with Crippen molar-refractivity contribution in [2.24, 2.45) is 23.2 Å². The molecule has 1 aromatic carbocycles. The van der Waals surface area contributed by atoms with Crippen LogP contribution in [0.4, 0.5) is 0 Å². The Morgan fingerprint density at radius 3 is 2.50 bits per heavy atom. The zero-order chi connectivity index (χ0) is 27.1. The van der Waals surface area contributed by atoms with Crippen LogP contribution >= 0.6 is 0 Å². The maximum Gasteiger partial charge on any atom is 0.222 e. The minimum absolute atomic E-state index is 0.0992. The fourth-order valence-electron chi connectivity index (χ4n) is 8.51. The van der Waals surface area contributed by atoms with E-state index in [0.717, 1.165) is 45.1 Å². The number of phenols is 1. The molecule has 0 radical (unpaired) electrons. The van der Waals surface area contributed by atoms with Gasteiger partial charge in [0.05, 0.1) is 6.10 Å². The molecule has 4 rings (SSSR count). The molecule has 2 saturated carbocycles. The number of aliphatic hydroxyl groups is 1. The van der Waals surface area contributed by atoms with Gasteiger partial charge in [-0.1, -0.05) is 71.3 Å². The number of hydrogen-bond acceptors (Lipinski definition) is 3. The van der Waals surface area contributed by atoms with E-state index >= 15 is 0 Å². The Labute approximate surface area is 232 Å². The average molecular weight is 526 g/mol. The molecule has 3 aliphatic rings. The van der Waals surface area contributed by atoms with E-state index in [1.165, 1.54) is 75.3 Å². The van der Waals surface area contributed by atoms with E-state index in [2.05, 4.69) is 19.9 Å². The zero-order valence-corrected chi connectivity index (χ0v) is 24.6. The Morgan fingerprint density at radius 1 is 1.00 bits per heavy atom. The lowest BCUT2D eigenvalue weighted by Gasteiger charge is -2.53. The maximum atomic E-state index is 12.2. The number of unbranched alkanes of at least 4 members (excludes halogenated alkanes) is 8. The number of fused-ring (bicyclic) bond motifs is 5. The van der Waals surface area contributed by atoms with Gasteiger partial charge in [0.2, 0.25) is 5.91 Å². The molecule has 4 heteroatoms. The molecule has 6 atom stereocenters. The Hall–Kier alpha value is -1.55. The predicted octanol–water partition coefficient (Wildman–Crippen LogP) is 7.99. The first-order valence-electron chi connectivity index (χ1n) is 16.1. The molecule has 0 aromatic heterocycles. The Morgan fingerprint density at radius 2 is 1.74 bits per heavy atom. The molecule has 0 bridgehead atoms. The highest BCUT2D eigenvalue weighted by molar-refractivity contribution is 5.75. The number of amides is 1. The standard InChI is InChI=1S/C34H55NO3/c1-4-5-11-15-32(38)35(3)22-13-10-8-6-7-9-12-14-25-23-26-24-27(36)16-17-28(26)29-20-21-34(2)30(33(25)29)18-19-31(34)37/h16-17,24-25,29-31,33,36-37H,4-15,18-23H2,1-3H3/t25-,29-,30+,31+,33-,34+/m1/s1. The summed E-state index contributed by atoms with van der Waals surface area (Å²) in [4.78, 5) is 14.1. The van der Waals surface area contributed by atoms with Crippen LogP contribution in [-0.2, 0) is 11.2 Å². The van der Waals surface area contributed by atoms with Crippen molar-refractivity contribution in [2.45, 2.75) is 135 Å². The van der Waals surface area contributed by atoms with Crippen molar-refractivity contribution >= 4 is 5.91 Å². The van der Waals surface area contributed by atoms with Gasteiger partial charge in [0.1, 0.15) is 5.75 Å². The fourth-order valence-corrected chi connectivity index (χ4v) is 8.51. The van der Waals surface area contributed by atoms with Gasteiger partial charge < -0.3 is 15.1 Å². The van der Waals surface area contributed by atoms with Crippen LogP contribution in [0.2, 0.25) is 0 Å². The minimum Gasteiger partial charge on any atom is -0.508 e. The van der Waals surface area contributed by atoms with Crippen molar-refractivity contribution in [1.82, 2.24) is 4.90 Å². The summed E-state index contributed by atoms with van der Waals surface area (Å²) in [6.45, 7) is 5.45. The molecule has 38 heavy (non-hydrogen) atoms. The minimum atomic E-state index is -0.130. The largest absolute Gasteiger partial charge is 0.508 e. The zero-order valence-electron chi connectivity index (χ0n) is 24.6. The molecule has 0 aliphatic heterocycles. The van der Waals surface area contributed by atoms with Gasteiger partial charge in [0.15, 0.2) is 0 Å². The first-order valence-corrected chi connectivity index (χ1v) is 16.1. The van der Waals surface area contributed by atoms with E-state index in [1.54, 1.807) is 0 Å². The highest BCUT2D eigenvalue weighted by atomic mass is 16.3. The molecular formula is C34H55NO3. The molecular weight excluding hydrogens is 470 g/mol. The second-order valence-corrected chi connectivity index (χ2v) is 13.3. The summed E-state index contributed by atoms with van der Waals surface area (Å²) in [5, 5.41) is 21.1. The first kappa shape index (κ1) is 29.4. The number of nitrogens with zero attached hydrogens (tertiary/aromatic N) is 1. The molecule has 0 saturated heterocycles. The van der Waals surface area contributed by atoms with Gasteiger partial charge >= 0.3 is 0 Å². The van der Waals surface area contributed by atoms with Crippen LogP contribution in [0.15, 0.2) is 18.2 Å². The molecule has 0 spiro atoms. The van der Waals surface area contributed by atoms with E-state index < -0.39 is 0 Å². The van der Waals surface area contributed by atoms with E-state index in [9.17, 15) is 15.0 Å². The van der Waals surface area contributed by atoms with Gasteiger partial charge in [0, 0.05) is 20.0 Å². The number of aliphatic hydroxyl groups excluding tert-OH is 1. The lowest BCUT2D eigenvalue weighted by atomic mass is 9.52. The molecule has 2 N–H and O–H groups in total. The number of benzene rings is 1.